The number of alkyl halides is 3. The van der Waals surface area contributed by atoms with E-state index in [0.29, 0.717) is 59.5 Å². The van der Waals surface area contributed by atoms with Gasteiger partial charge < -0.3 is 29.6 Å². The molecule has 1 fully saturated rings. The predicted molar refractivity (Wildman–Crippen MR) is 170 cm³/mol. The van der Waals surface area contributed by atoms with Crippen LogP contribution in [0.5, 0.6) is 17.4 Å². The molecule has 246 valence electrons. The highest BCUT2D eigenvalue weighted by atomic mass is 19.4. The van der Waals surface area contributed by atoms with Crippen LogP contribution in [0.15, 0.2) is 66.7 Å². The Morgan fingerprint density at radius 2 is 1.70 bits per heavy atom. The second-order valence-corrected chi connectivity index (χ2v) is 11.1. The lowest BCUT2D eigenvalue weighted by atomic mass is 10.0. The number of carbonyl (C=O) groups is 1. The van der Waals surface area contributed by atoms with Crippen LogP contribution in [0.4, 0.5) is 30.5 Å². The highest BCUT2D eigenvalue weighted by Gasteiger charge is 2.31. The first-order valence-electron chi connectivity index (χ1n) is 15.3. The van der Waals surface area contributed by atoms with Gasteiger partial charge in [-0.3, -0.25) is 9.69 Å². The predicted octanol–water partition coefficient (Wildman–Crippen LogP) is 6.38. The van der Waals surface area contributed by atoms with Crippen LogP contribution in [0, 0.1) is 6.92 Å². The van der Waals surface area contributed by atoms with Gasteiger partial charge in [-0.25, -0.2) is 4.98 Å². The van der Waals surface area contributed by atoms with Crippen LogP contribution < -0.4 is 24.8 Å². The lowest BCUT2D eigenvalue weighted by Crippen LogP contribution is -2.38. The molecular weight excluding hydrogens is 615 g/mol. The third kappa shape index (κ3) is 8.48. The molecule has 3 aromatic carbocycles. The van der Waals surface area contributed by atoms with E-state index in [9.17, 15) is 18.0 Å². The largest absolute Gasteiger partial charge is 0.573 e. The number of amides is 1. The summed E-state index contributed by atoms with van der Waals surface area (Å²) in [4.78, 5) is 24.6. The molecule has 0 bridgehead atoms. The first-order valence-corrected chi connectivity index (χ1v) is 15.3. The van der Waals surface area contributed by atoms with Gasteiger partial charge in [0.05, 0.1) is 25.5 Å². The minimum absolute atomic E-state index is 0.245. The molecule has 0 saturated carbocycles. The molecule has 10 nitrogen and oxygen atoms in total. The van der Waals surface area contributed by atoms with E-state index in [0.717, 1.165) is 50.4 Å². The number of hydrogen-bond donors (Lipinski definition) is 2. The van der Waals surface area contributed by atoms with Crippen molar-refractivity contribution in [2.75, 3.05) is 56.7 Å². The summed E-state index contributed by atoms with van der Waals surface area (Å²) in [6, 6.07) is 18.0. The summed E-state index contributed by atoms with van der Waals surface area (Å²) in [6.45, 7) is 7.01. The lowest BCUT2D eigenvalue weighted by molar-refractivity contribution is -0.274. The molecule has 47 heavy (non-hydrogen) atoms. The van der Waals surface area contributed by atoms with Crippen molar-refractivity contribution in [3.05, 3.63) is 83.4 Å². The average molecular weight is 650 g/mol. The van der Waals surface area contributed by atoms with Gasteiger partial charge in [-0.1, -0.05) is 6.07 Å². The minimum Gasteiger partial charge on any atom is -0.492 e. The van der Waals surface area contributed by atoms with Gasteiger partial charge >= 0.3 is 6.36 Å². The zero-order chi connectivity index (χ0) is 32.8. The Hall–Kier alpha value is -4.88. The summed E-state index contributed by atoms with van der Waals surface area (Å²) in [5, 5.41) is 6.12. The normalized spacial score (nSPS) is 14.9. The number of hydrogen-bond acceptors (Lipinski definition) is 9. The second-order valence-electron chi connectivity index (χ2n) is 11.1. The molecule has 1 aromatic heterocycles. The lowest BCUT2D eigenvalue weighted by Gasteiger charge is -2.26. The molecule has 13 heteroatoms. The Morgan fingerprint density at radius 3 is 2.45 bits per heavy atom. The molecule has 2 N–H and O–H groups in total. The van der Waals surface area contributed by atoms with Crippen molar-refractivity contribution >= 4 is 23.2 Å². The number of nitrogens with one attached hydrogen (secondary N) is 2. The summed E-state index contributed by atoms with van der Waals surface area (Å²) in [5.41, 5.74) is 4.57. The Kier molecular flexibility index (Phi) is 9.73. The van der Waals surface area contributed by atoms with E-state index < -0.39 is 6.36 Å². The molecule has 1 amide bonds. The van der Waals surface area contributed by atoms with E-state index in [1.54, 1.807) is 24.3 Å². The van der Waals surface area contributed by atoms with Crippen LogP contribution in [0.25, 0.3) is 11.3 Å². The number of morpholine rings is 1. The first-order chi connectivity index (χ1) is 22.7. The van der Waals surface area contributed by atoms with E-state index in [2.05, 4.69) is 30.2 Å². The molecule has 0 atom stereocenters. The van der Waals surface area contributed by atoms with Crippen LogP contribution in [0.3, 0.4) is 0 Å². The molecule has 0 radical (unpaired) electrons. The third-order valence-electron chi connectivity index (χ3n) is 7.78. The maximum Gasteiger partial charge on any atom is 0.573 e. The van der Waals surface area contributed by atoms with Crippen LogP contribution in [-0.4, -0.2) is 73.2 Å². The van der Waals surface area contributed by atoms with Crippen molar-refractivity contribution in [1.29, 1.82) is 0 Å². The first kappa shape index (κ1) is 32.1. The van der Waals surface area contributed by atoms with E-state index in [-0.39, 0.29) is 17.6 Å². The number of fused-ring (bicyclic) bond motifs is 1. The highest BCUT2D eigenvalue weighted by Crippen LogP contribution is 2.35. The third-order valence-corrected chi connectivity index (χ3v) is 7.78. The molecule has 2 aliphatic heterocycles. The Balaban J connectivity index is 1.11. The number of carbonyl (C=O) groups excluding carboxylic acids is 1. The minimum atomic E-state index is -4.78. The summed E-state index contributed by atoms with van der Waals surface area (Å²) in [5.74, 6) is 0.743. The number of halogens is 3. The number of ether oxygens (including phenoxy) is 4. The van der Waals surface area contributed by atoms with Gasteiger partial charge in [0.15, 0.2) is 0 Å². The van der Waals surface area contributed by atoms with Gasteiger partial charge in [0, 0.05) is 53.8 Å². The molecule has 0 unspecified atom stereocenters. The maximum absolute atomic E-state index is 13.1. The van der Waals surface area contributed by atoms with E-state index in [1.807, 2.05) is 25.1 Å². The number of rotatable bonds is 10. The number of aromatic nitrogens is 2. The van der Waals surface area contributed by atoms with Gasteiger partial charge in [0.2, 0.25) is 11.8 Å². The SMILES string of the molecule is Cc1ccc(OCCN2CCOCC2)cc1NC(=O)c1ccc(Nc2nc3c(c(-c4ccc(OC(F)(F)F)cc4)n2)CCCO3)cc1. The topological polar surface area (TPSA) is 107 Å². The summed E-state index contributed by atoms with van der Waals surface area (Å²) in [7, 11) is 0. The van der Waals surface area contributed by atoms with E-state index >= 15 is 0 Å². The van der Waals surface area contributed by atoms with Gasteiger partial charge in [-0.2, -0.15) is 4.98 Å². The fourth-order valence-electron chi connectivity index (χ4n) is 5.31. The Labute approximate surface area is 269 Å². The fraction of sp³-hybridized carbons (Fsp3) is 0.324. The zero-order valence-electron chi connectivity index (χ0n) is 25.7. The summed E-state index contributed by atoms with van der Waals surface area (Å²) < 4.78 is 59.0. The van der Waals surface area contributed by atoms with Crippen molar-refractivity contribution < 1.29 is 36.9 Å². The van der Waals surface area contributed by atoms with E-state index in [4.69, 9.17) is 14.2 Å². The number of nitrogens with zero attached hydrogens (tertiary/aromatic N) is 3. The molecular formula is C34H34F3N5O5. The Bertz CT molecular complexity index is 1690. The number of benzene rings is 3. The Morgan fingerprint density at radius 1 is 0.957 bits per heavy atom. The van der Waals surface area contributed by atoms with Gasteiger partial charge in [0.25, 0.3) is 5.91 Å². The van der Waals surface area contributed by atoms with Crippen molar-refractivity contribution in [1.82, 2.24) is 14.9 Å². The molecule has 0 spiro atoms. The monoisotopic (exact) mass is 649 g/mol. The summed E-state index contributed by atoms with van der Waals surface area (Å²) >= 11 is 0. The van der Waals surface area contributed by atoms with Crippen LogP contribution in [0.2, 0.25) is 0 Å². The second kappa shape index (κ2) is 14.3. The van der Waals surface area contributed by atoms with Crippen molar-refractivity contribution in [3.63, 3.8) is 0 Å². The number of anilines is 3. The maximum atomic E-state index is 13.1. The smallest absolute Gasteiger partial charge is 0.492 e. The van der Waals surface area contributed by atoms with Gasteiger partial charge in [0.1, 0.15) is 18.1 Å². The zero-order valence-corrected chi connectivity index (χ0v) is 25.7. The van der Waals surface area contributed by atoms with Crippen LogP contribution >= 0.6 is 0 Å². The van der Waals surface area contributed by atoms with Crippen LogP contribution in [0.1, 0.15) is 27.9 Å². The van der Waals surface area contributed by atoms with Gasteiger partial charge in [-0.05, 0) is 79.9 Å². The molecule has 0 aliphatic carbocycles. The standard InChI is InChI=1S/C34H34F3N5O5/c1-22-4-11-27(45-20-16-42-14-18-44-19-15-42)21-29(22)39-31(43)24-5-9-25(10-6-24)38-33-40-30(28-3-2-17-46-32(28)41-33)23-7-12-26(13-8-23)47-34(35,36)37/h4-13,21H,2-3,14-20H2,1H3,(H,39,43)(H,38,40,41). The van der Waals surface area contributed by atoms with Gasteiger partial charge in [-0.15, -0.1) is 13.2 Å². The quantitative estimate of drug-likeness (QED) is 0.202. The van der Waals surface area contributed by atoms with Crippen molar-refractivity contribution in [2.24, 2.45) is 0 Å². The number of aryl methyl sites for hydroxylation is 1. The van der Waals surface area contributed by atoms with Crippen molar-refractivity contribution in [2.45, 2.75) is 26.1 Å². The van der Waals surface area contributed by atoms with Crippen molar-refractivity contribution in [3.8, 4) is 28.6 Å². The average Bonchev–Trinajstić information content (AvgIpc) is 3.06. The highest BCUT2D eigenvalue weighted by molar-refractivity contribution is 6.05. The van der Waals surface area contributed by atoms with E-state index in [1.165, 1.54) is 24.3 Å². The molecule has 3 heterocycles. The molecule has 4 aromatic rings. The molecule has 2 aliphatic rings. The molecule has 6 rings (SSSR count). The molecule has 1 saturated heterocycles. The fourth-order valence-corrected chi connectivity index (χ4v) is 5.31. The van der Waals surface area contributed by atoms with Crippen LogP contribution in [-0.2, 0) is 11.2 Å². The summed E-state index contributed by atoms with van der Waals surface area (Å²) in [6.07, 6.45) is -3.35.